The van der Waals surface area contributed by atoms with Crippen LogP contribution in [0, 0.1) is 11.2 Å². The molecule has 0 unspecified atom stereocenters. The van der Waals surface area contributed by atoms with E-state index < -0.39 is 11.2 Å². The van der Waals surface area contributed by atoms with Gasteiger partial charge in [-0.2, -0.15) is 0 Å². The number of hydrogen-bond acceptors (Lipinski definition) is 4. The van der Waals surface area contributed by atoms with Gasteiger partial charge in [0.2, 0.25) is 5.91 Å². The molecule has 1 fully saturated rings. The first-order valence-corrected chi connectivity index (χ1v) is 11.2. The lowest BCUT2D eigenvalue weighted by atomic mass is 9.73. The van der Waals surface area contributed by atoms with Crippen molar-refractivity contribution >= 4 is 11.8 Å². The van der Waals surface area contributed by atoms with E-state index in [0.29, 0.717) is 37.9 Å². The Morgan fingerprint density at radius 2 is 1.91 bits per heavy atom. The molecule has 3 aromatic rings. The minimum absolute atomic E-state index is 0.0687. The zero-order valence-electron chi connectivity index (χ0n) is 18.6. The highest BCUT2D eigenvalue weighted by Gasteiger charge is 2.43. The normalized spacial score (nSPS) is 18.1. The second kappa shape index (κ2) is 9.90. The highest BCUT2D eigenvalue weighted by atomic mass is 19.1. The van der Waals surface area contributed by atoms with Crippen molar-refractivity contribution in [3.63, 3.8) is 0 Å². The average molecular weight is 447 g/mol. The summed E-state index contributed by atoms with van der Waals surface area (Å²) >= 11 is 0. The van der Waals surface area contributed by atoms with Gasteiger partial charge in [-0.15, -0.1) is 0 Å². The SMILES string of the molecule is CCNC(=O)[C@]1(Cc2ccccc2-c2cncnc2)CCCN(C(=O)c2cccc(F)c2)C1. The smallest absolute Gasteiger partial charge is 0.253 e. The van der Waals surface area contributed by atoms with Crippen LogP contribution in [-0.2, 0) is 11.2 Å². The van der Waals surface area contributed by atoms with Crippen molar-refractivity contribution in [1.29, 1.82) is 0 Å². The molecule has 1 aliphatic rings. The molecule has 2 aromatic carbocycles. The molecule has 6 nitrogen and oxygen atoms in total. The Morgan fingerprint density at radius 3 is 2.67 bits per heavy atom. The number of hydrogen-bond donors (Lipinski definition) is 1. The molecule has 7 heteroatoms. The maximum atomic E-state index is 13.7. The first kappa shape index (κ1) is 22.6. The zero-order chi connectivity index (χ0) is 23.3. The van der Waals surface area contributed by atoms with Crippen molar-refractivity contribution in [1.82, 2.24) is 20.2 Å². The maximum absolute atomic E-state index is 13.7. The van der Waals surface area contributed by atoms with Crippen molar-refractivity contribution < 1.29 is 14.0 Å². The van der Waals surface area contributed by atoms with E-state index in [0.717, 1.165) is 16.7 Å². The summed E-state index contributed by atoms with van der Waals surface area (Å²) in [5.41, 5.74) is 2.35. The molecule has 4 rings (SSSR count). The molecule has 1 saturated heterocycles. The van der Waals surface area contributed by atoms with Crippen LogP contribution in [0.4, 0.5) is 4.39 Å². The highest BCUT2D eigenvalue weighted by Crippen LogP contribution is 2.37. The first-order valence-electron chi connectivity index (χ1n) is 11.2. The van der Waals surface area contributed by atoms with Crippen LogP contribution < -0.4 is 5.32 Å². The second-order valence-corrected chi connectivity index (χ2v) is 8.44. The third kappa shape index (κ3) is 4.92. The predicted octanol–water partition coefficient (Wildman–Crippen LogP) is 3.88. The monoisotopic (exact) mass is 446 g/mol. The largest absolute Gasteiger partial charge is 0.356 e. The van der Waals surface area contributed by atoms with Crippen molar-refractivity contribution in [2.24, 2.45) is 5.41 Å². The van der Waals surface area contributed by atoms with E-state index in [4.69, 9.17) is 0 Å². The third-order valence-electron chi connectivity index (χ3n) is 6.17. The molecule has 0 aliphatic carbocycles. The molecule has 0 saturated carbocycles. The van der Waals surface area contributed by atoms with Gasteiger partial charge in [-0.25, -0.2) is 14.4 Å². The molecule has 1 N–H and O–H groups in total. The maximum Gasteiger partial charge on any atom is 0.253 e. The molecule has 0 radical (unpaired) electrons. The van der Waals surface area contributed by atoms with E-state index in [9.17, 15) is 14.0 Å². The van der Waals surface area contributed by atoms with Gasteiger partial charge >= 0.3 is 0 Å². The first-order chi connectivity index (χ1) is 16.0. The number of nitrogens with zero attached hydrogens (tertiary/aromatic N) is 3. The number of aromatic nitrogens is 2. The predicted molar refractivity (Wildman–Crippen MR) is 124 cm³/mol. The van der Waals surface area contributed by atoms with Crippen LogP contribution in [0.5, 0.6) is 0 Å². The number of likely N-dealkylation sites (tertiary alicyclic amines) is 1. The number of benzene rings is 2. The lowest BCUT2D eigenvalue weighted by molar-refractivity contribution is -0.133. The van der Waals surface area contributed by atoms with Gasteiger partial charge in [0.25, 0.3) is 5.91 Å². The third-order valence-corrected chi connectivity index (χ3v) is 6.17. The van der Waals surface area contributed by atoms with Gasteiger partial charge in [0.1, 0.15) is 12.1 Å². The van der Waals surface area contributed by atoms with Crippen LogP contribution in [0.3, 0.4) is 0 Å². The van der Waals surface area contributed by atoms with Crippen LogP contribution in [0.25, 0.3) is 11.1 Å². The van der Waals surface area contributed by atoms with E-state index in [1.807, 2.05) is 31.2 Å². The molecule has 33 heavy (non-hydrogen) atoms. The van der Waals surface area contributed by atoms with Crippen LogP contribution in [-0.4, -0.2) is 46.3 Å². The minimum Gasteiger partial charge on any atom is -0.356 e. The zero-order valence-corrected chi connectivity index (χ0v) is 18.6. The summed E-state index contributed by atoms with van der Waals surface area (Å²) in [7, 11) is 0. The standard InChI is InChI=1S/C26H27FN4O2/c1-2-30-25(33)26(14-20-7-3-4-10-23(20)21-15-28-18-29-16-21)11-6-12-31(17-26)24(32)19-8-5-9-22(27)13-19/h3-5,7-10,13,15-16,18H,2,6,11-12,14,17H2,1H3,(H,30,33)/t26-/m0/s1. The molecule has 170 valence electrons. The van der Waals surface area contributed by atoms with Crippen molar-refractivity contribution in [2.75, 3.05) is 19.6 Å². The highest BCUT2D eigenvalue weighted by molar-refractivity contribution is 5.95. The molecule has 1 aliphatic heterocycles. The lowest BCUT2D eigenvalue weighted by Crippen LogP contribution is -2.54. The molecular formula is C26H27FN4O2. The molecule has 0 bridgehead atoms. The van der Waals surface area contributed by atoms with Crippen molar-refractivity contribution in [2.45, 2.75) is 26.2 Å². The number of carbonyl (C=O) groups is 2. The van der Waals surface area contributed by atoms with E-state index in [1.165, 1.54) is 24.5 Å². The van der Waals surface area contributed by atoms with Gasteiger partial charge in [0, 0.05) is 43.2 Å². The minimum atomic E-state index is -0.789. The van der Waals surface area contributed by atoms with Crippen molar-refractivity contribution in [3.8, 4) is 11.1 Å². The molecular weight excluding hydrogens is 419 g/mol. The van der Waals surface area contributed by atoms with Crippen LogP contribution in [0.2, 0.25) is 0 Å². The number of halogens is 1. The van der Waals surface area contributed by atoms with E-state index >= 15 is 0 Å². The van der Waals surface area contributed by atoms with Gasteiger partial charge in [0.15, 0.2) is 0 Å². The van der Waals surface area contributed by atoms with Gasteiger partial charge in [0.05, 0.1) is 5.41 Å². The van der Waals surface area contributed by atoms with Crippen LogP contribution in [0.1, 0.15) is 35.7 Å². The number of carbonyl (C=O) groups excluding carboxylic acids is 2. The van der Waals surface area contributed by atoms with Crippen molar-refractivity contribution in [3.05, 3.63) is 84.2 Å². The lowest BCUT2D eigenvalue weighted by Gasteiger charge is -2.42. The van der Waals surface area contributed by atoms with Crippen LogP contribution >= 0.6 is 0 Å². The quantitative estimate of drug-likeness (QED) is 0.624. The van der Waals surface area contributed by atoms with Crippen LogP contribution in [0.15, 0.2) is 67.3 Å². The summed E-state index contributed by atoms with van der Waals surface area (Å²) in [6, 6.07) is 13.6. The summed E-state index contributed by atoms with van der Waals surface area (Å²) in [6.45, 7) is 3.20. The molecule has 2 heterocycles. The van der Waals surface area contributed by atoms with Gasteiger partial charge in [-0.3, -0.25) is 9.59 Å². The fourth-order valence-corrected chi connectivity index (χ4v) is 4.63. The second-order valence-electron chi connectivity index (χ2n) is 8.44. The Balaban J connectivity index is 1.68. The summed E-state index contributed by atoms with van der Waals surface area (Å²) in [5, 5.41) is 2.98. The Morgan fingerprint density at radius 1 is 1.12 bits per heavy atom. The fraction of sp³-hybridized carbons (Fsp3) is 0.308. The molecule has 2 amide bonds. The Bertz CT molecular complexity index is 1140. The Labute approximate surface area is 192 Å². The Kier molecular flexibility index (Phi) is 6.77. The van der Waals surface area contributed by atoms with E-state index in [-0.39, 0.29) is 18.4 Å². The molecule has 0 spiro atoms. The van der Waals surface area contributed by atoms with E-state index in [2.05, 4.69) is 15.3 Å². The van der Waals surface area contributed by atoms with Gasteiger partial charge < -0.3 is 10.2 Å². The summed E-state index contributed by atoms with van der Waals surface area (Å²) < 4.78 is 13.7. The topological polar surface area (TPSA) is 75.2 Å². The molecule has 1 aromatic heterocycles. The molecule has 1 atom stereocenters. The average Bonchev–Trinajstić information content (AvgIpc) is 2.85. The summed E-state index contributed by atoms with van der Waals surface area (Å²) in [4.78, 5) is 36.5. The summed E-state index contributed by atoms with van der Waals surface area (Å²) in [6.07, 6.45) is 6.81. The summed E-state index contributed by atoms with van der Waals surface area (Å²) in [5.74, 6) is -0.777. The number of rotatable bonds is 6. The van der Waals surface area contributed by atoms with Gasteiger partial charge in [-0.05, 0) is 55.5 Å². The fourth-order valence-electron chi connectivity index (χ4n) is 4.63. The number of piperidine rings is 1. The van der Waals surface area contributed by atoms with Gasteiger partial charge in [-0.1, -0.05) is 30.3 Å². The number of amides is 2. The Hall–Kier alpha value is -3.61. The van der Waals surface area contributed by atoms with E-state index in [1.54, 1.807) is 23.4 Å². The number of nitrogens with one attached hydrogen (secondary N) is 1.